The van der Waals surface area contributed by atoms with Crippen LogP contribution in [0.25, 0.3) is 79.0 Å². The van der Waals surface area contributed by atoms with Crippen molar-refractivity contribution in [1.82, 2.24) is 4.57 Å². The molecule has 9 aromatic rings. The third-order valence-electron chi connectivity index (χ3n) is 9.55. The van der Waals surface area contributed by atoms with Crippen LogP contribution in [-0.2, 0) is 5.41 Å². The Morgan fingerprint density at radius 3 is 2.10 bits per heavy atom. The Morgan fingerprint density at radius 2 is 1.24 bits per heavy atom. The van der Waals surface area contributed by atoms with E-state index in [0.717, 1.165) is 0 Å². The van der Waals surface area contributed by atoms with Gasteiger partial charge in [0.15, 0.2) is 0 Å². The fourth-order valence-electron chi connectivity index (χ4n) is 7.81. The molecule has 0 saturated carbocycles. The Labute approximate surface area is 250 Å². The van der Waals surface area contributed by atoms with E-state index in [-0.39, 0.29) is 5.41 Å². The summed E-state index contributed by atoms with van der Waals surface area (Å²) < 4.78 is 8.01. The highest BCUT2D eigenvalue weighted by molar-refractivity contribution is 7.27. The summed E-state index contributed by atoms with van der Waals surface area (Å²) >= 11 is 3.84. The second-order valence-electron chi connectivity index (χ2n) is 12.1. The van der Waals surface area contributed by atoms with Crippen molar-refractivity contribution in [2.45, 2.75) is 19.3 Å². The van der Waals surface area contributed by atoms with Gasteiger partial charge in [0.1, 0.15) is 0 Å². The Bertz CT molecular complexity index is 2610. The van der Waals surface area contributed by atoms with Gasteiger partial charge in [-0.25, -0.2) is 0 Å². The molecule has 6 aromatic carbocycles. The first-order valence-corrected chi connectivity index (χ1v) is 16.2. The van der Waals surface area contributed by atoms with Crippen LogP contribution in [0.5, 0.6) is 0 Å². The van der Waals surface area contributed by atoms with Gasteiger partial charge < -0.3 is 4.57 Å². The van der Waals surface area contributed by atoms with Crippen molar-refractivity contribution in [3.63, 3.8) is 0 Å². The van der Waals surface area contributed by atoms with Crippen molar-refractivity contribution in [2.75, 3.05) is 0 Å². The molecule has 0 unspecified atom stereocenters. The summed E-state index contributed by atoms with van der Waals surface area (Å²) in [6, 6.07) is 43.0. The quantitative estimate of drug-likeness (QED) is 0.185. The Balaban J connectivity index is 1.48. The molecule has 1 aliphatic rings. The molecule has 0 N–H and O–H groups in total. The third-order valence-corrected chi connectivity index (χ3v) is 11.9. The van der Waals surface area contributed by atoms with E-state index in [4.69, 9.17) is 0 Å². The highest BCUT2D eigenvalue weighted by atomic mass is 32.1. The summed E-state index contributed by atoms with van der Waals surface area (Å²) in [5.41, 5.74) is 9.36. The maximum atomic E-state index is 2.57. The van der Waals surface area contributed by atoms with E-state index in [2.05, 4.69) is 134 Å². The van der Waals surface area contributed by atoms with Gasteiger partial charge in [0.2, 0.25) is 0 Å². The standard InChI is InChI=1S/C39H25NS2/c1-39(2)28-15-7-3-12-24(28)33-36(39)34-26-14-6-10-18-31(26)42-38(34)35-25-13-4-8-16-29(25)40(37(33)35)22-19-20-32-27(21-22)23-11-5-9-17-30(23)41-32/h3-21H,1-2H3. The molecule has 0 spiro atoms. The minimum atomic E-state index is -0.114. The third kappa shape index (κ3) is 2.74. The molecule has 10 rings (SSSR count). The Kier molecular flexibility index (Phi) is 4.35. The summed E-state index contributed by atoms with van der Waals surface area (Å²) in [7, 11) is 0. The summed E-state index contributed by atoms with van der Waals surface area (Å²) in [5.74, 6) is 0. The van der Waals surface area contributed by atoms with Crippen molar-refractivity contribution in [2.24, 2.45) is 0 Å². The molecule has 198 valence electrons. The summed E-state index contributed by atoms with van der Waals surface area (Å²) in [4.78, 5) is 0. The first kappa shape index (κ1) is 23.2. The van der Waals surface area contributed by atoms with Crippen LogP contribution in [-0.4, -0.2) is 4.57 Å². The lowest BCUT2D eigenvalue weighted by Gasteiger charge is -2.23. The normalized spacial score (nSPS) is 14.1. The van der Waals surface area contributed by atoms with E-state index < -0.39 is 0 Å². The van der Waals surface area contributed by atoms with E-state index in [1.54, 1.807) is 0 Å². The molecule has 1 nitrogen and oxygen atoms in total. The molecule has 0 amide bonds. The van der Waals surface area contributed by atoms with Gasteiger partial charge >= 0.3 is 0 Å². The number of benzene rings is 6. The van der Waals surface area contributed by atoms with Crippen LogP contribution in [0.3, 0.4) is 0 Å². The molecule has 0 saturated heterocycles. The van der Waals surface area contributed by atoms with Crippen LogP contribution in [0.4, 0.5) is 0 Å². The van der Waals surface area contributed by atoms with Crippen molar-refractivity contribution in [3.8, 4) is 16.8 Å². The van der Waals surface area contributed by atoms with Crippen molar-refractivity contribution in [3.05, 3.63) is 126 Å². The van der Waals surface area contributed by atoms with Crippen LogP contribution < -0.4 is 0 Å². The van der Waals surface area contributed by atoms with Crippen molar-refractivity contribution < 1.29 is 0 Å². The molecule has 3 heteroatoms. The molecule has 0 bridgehead atoms. The monoisotopic (exact) mass is 571 g/mol. The number of para-hydroxylation sites is 1. The lowest BCUT2D eigenvalue weighted by molar-refractivity contribution is 0.667. The molecule has 42 heavy (non-hydrogen) atoms. The summed E-state index contributed by atoms with van der Waals surface area (Å²) in [5, 5.41) is 8.18. The zero-order valence-corrected chi connectivity index (χ0v) is 24.9. The first-order chi connectivity index (χ1) is 20.6. The topological polar surface area (TPSA) is 4.93 Å². The lowest BCUT2D eigenvalue weighted by atomic mass is 9.80. The molecule has 0 aliphatic heterocycles. The molecular weight excluding hydrogens is 547 g/mol. The maximum absolute atomic E-state index is 2.57. The predicted molar refractivity (Wildman–Crippen MR) is 184 cm³/mol. The summed E-state index contributed by atoms with van der Waals surface area (Å²) in [6.07, 6.45) is 0. The van der Waals surface area contributed by atoms with E-state index in [1.165, 1.54) is 90.1 Å². The summed E-state index contributed by atoms with van der Waals surface area (Å²) in [6.45, 7) is 4.85. The van der Waals surface area contributed by atoms with Gasteiger partial charge in [0.05, 0.1) is 11.0 Å². The number of nitrogens with zero attached hydrogens (tertiary/aromatic N) is 1. The highest BCUT2D eigenvalue weighted by Gasteiger charge is 2.40. The van der Waals surface area contributed by atoms with E-state index in [0.29, 0.717) is 0 Å². The van der Waals surface area contributed by atoms with Gasteiger partial charge in [-0.1, -0.05) is 92.7 Å². The number of aromatic nitrogens is 1. The molecule has 0 radical (unpaired) electrons. The van der Waals surface area contributed by atoms with Crippen LogP contribution in [0.15, 0.2) is 115 Å². The fraction of sp³-hybridized carbons (Fsp3) is 0.0769. The number of rotatable bonds is 1. The van der Waals surface area contributed by atoms with Crippen LogP contribution >= 0.6 is 22.7 Å². The largest absolute Gasteiger partial charge is 0.309 e. The van der Waals surface area contributed by atoms with Crippen LogP contribution in [0, 0.1) is 0 Å². The second kappa shape index (κ2) is 7.89. The second-order valence-corrected chi connectivity index (χ2v) is 14.2. The molecule has 3 heterocycles. The molecule has 0 fully saturated rings. The predicted octanol–water partition coefficient (Wildman–Crippen LogP) is 11.8. The molecule has 1 aliphatic carbocycles. The van der Waals surface area contributed by atoms with Gasteiger partial charge in [0.25, 0.3) is 0 Å². The molecular formula is C39H25NS2. The number of fused-ring (bicyclic) bond motifs is 15. The number of thiophene rings is 2. The van der Waals surface area contributed by atoms with E-state index >= 15 is 0 Å². The maximum Gasteiger partial charge on any atom is 0.0637 e. The zero-order valence-electron chi connectivity index (χ0n) is 23.2. The van der Waals surface area contributed by atoms with Crippen LogP contribution in [0.1, 0.15) is 25.0 Å². The van der Waals surface area contributed by atoms with Gasteiger partial charge in [-0.15, -0.1) is 22.7 Å². The molecule has 0 atom stereocenters. The van der Waals surface area contributed by atoms with Crippen molar-refractivity contribution in [1.29, 1.82) is 0 Å². The van der Waals surface area contributed by atoms with Crippen molar-refractivity contribution >= 4 is 84.8 Å². The SMILES string of the molecule is CC1(C)c2ccccc2-c2c1c1c3ccccc3sc1c1c3ccccc3n(-c3ccc4sc5ccccc5c4c3)c21. The van der Waals surface area contributed by atoms with E-state index in [1.807, 2.05) is 22.7 Å². The Morgan fingerprint density at radius 1 is 0.571 bits per heavy atom. The van der Waals surface area contributed by atoms with Gasteiger partial charge in [-0.05, 0) is 53.1 Å². The molecule has 3 aromatic heterocycles. The van der Waals surface area contributed by atoms with Gasteiger partial charge in [0, 0.05) is 67.8 Å². The van der Waals surface area contributed by atoms with Gasteiger partial charge in [-0.2, -0.15) is 0 Å². The van der Waals surface area contributed by atoms with Crippen LogP contribution in [0.2, 0.25) is 0 Å². The average molecular weight is 572 g/mol. The number of hydrogen-bond acceptors (Lipinski definition) is 2. The lowest BCUT2D eigenvalue weighted by Crippen LogP contribution is -2.15. The number of hydrogen-bond donors (Lipinski definition) is 0. The van der Waals surface area contributed by atoms with Gasteiger partial charge in [-0.3, -0.25) is 0 Å². The smallest absolute Gasteiger partial charge is 0.0637 e. The first-order valence-electron chi connectivity index (χ1n) is 14.5. The highest BCUT2D eigenvalue weighted by Crippen LogP contribution is 2.58. The minimum absolute atomic E-state index is 0.114. The Hall–Kier alpha value is -4.44. The average Bonchev–Trinajstić information content (AvgIpc) is 3.74. The van der Waals surface area contributed by atoms with E-state index in [9.17, 15) is 0 Å². The fourth-order valence-corrected chi connectivity index (χ4v) is 10.2. The minimum Gasteiger partial charge on any atom is -0.309 e. The zero-order chi connectivity index (χ0) is 27.7.